The number of piperazine rings is 1. The largest absolute Gasteiger partial charge is 0.441 e. The molecule has 0 N–H and O–H groups in total. The van der Waals surface area contributed by atoms with Gasteiger partial charge in [0.25, 0.3) is 0 Å². The van der Waals surface area contributed by atoms with Crippen molar-refractivity contribution >= 4 is 11.8 Å². The lowest BCUT2D eigenvalue weighted by Gasteiger charge is -2.38. The van der Waals surface area contributed by atoms with Gasteiger partial charge in [0.15, 0.2) is 11.7 Å². The molecule has 4 rings (SSSR count). The van der Waals surface area contributed by atoms with E-state index in [0.717, 1.165) is 11.1 Å². The average Bonchev–Trinajstić information content (AvgIpc) is 3.32. The summed E-state index contributed by atoms with van der Waals surface area (Å²) in [4.78, 5) is 33.8. The minimum absolute atomic E-state index is 0.0684. The van der Waals surface area contributed by atoms with Crippen molar-refractivity contribution in [2.75, 3.05) is 26.2 Å². The Morgan fingerprint density at radius 1 is 0.906 bits per heavy atom. The number of carbonyl (C=O) groups excluding carboxylic acids is 2. The van der Waals surface area contributed by atoms with Gasteiger partial charge in [-0.1, -0.05) is 60.7 Å². The van der Waals surface area contributed by atoms with Crippen molar-refractivity contribution in [3.63, 3.8) is 0 Å². The molecule has 0 atom stereocenters. The Balaban J connectivity index is 1.28. The zero-order chi connectivity index (χ0) is 22.6. The van der Waals surface area contributed by atoms with Crippen molar-refractivity contribution in [1.29, 1.82) is 0 Å². The first-order valence-corrected chi connectivity index (χ1v) is 11.1. The van der Waals surface area contributed by atoms with E-state index in [-0.39, 0.29) is 11.8 Å². The van der Waals surface area contributed by atoms with E-state index in [9.17, 15) is 9.59 Å². The van der Waals surface area contributed by atoms with E-state index in [4.69, 9.17) is 4.42 Å². The van der Waals surface area contributed by atoms with Gasteiger partial charge in [-0.25, -0.2) is 4.98 Å². The fraction of sp³-hybridized carbons (Fsp3) is 0.346. The van der Waals surface area contributed by atoms with Gasteiger partial charge in [-0.3, -0.25) is 9.59 Å². The van der Waals surface area contributed by atoms with Crippen LogP contribution in [-0.2, 0) is 21.4 Å². The van der Waals surface area contributed by atoms with Crippen molar-refractivity contribution in [1.82, 2.24) is 14.8 Å². The summed E-state index contributed by atoms with van der Waals surface area (Å²) in [5.41, 5.74) is 1.38. The number of benzene rings is 2. The van der Waals surface area contributed by atoms with Crippen molar-refractivity contribution in [3.05, 3.63) is 78.3 Å². The quantitative estimate of drug-likeness (QED) is 0.593. The molecule has 2 amide bonds. The lowest BCUT2D eigenvalue weighted by Crippen LogP contribution is -2.54. The maximum atomic E-state index is 13.1. The molecule has 0 radical (unpaired) electrons. The summed E-state index contributed by atoms with van der Waals surface area (Å²) in [5.74, 6) is 1.44. The van der Waals surface area contributed by atoms with Crippen molar-refractivity contribution in [2.24, 2.45) is 0 Å². The molecule has 1 saturated heterocycles. The van der Waals surface area contributed by atoms with Crippen LogP contribution in [0.4, 0.5) is 0 Å². The maximum Gasteiger partial charge on any atom is 0.232 e. The molecule has 1 aromatic heterocycles. The summed E-state index contributed by atoms with van der Waals surface area (Å²) in [7, 11) is 0. The van der Waals surface area contributed by atoms with Crippen LogP contribution in [0.15, 0.2) is 71.3 Å². The smallest absolute Gasteiger partial charge is 0.232 e. The molecule has 32 heavy (non-hydrogen) atoms. The molecule has 0 aliphatic carbocycles. The highest BCUT2D eigenvalue weighted by molar-refractivity contribution is 5.87. The topological polar surface area (TPSA) is 66.7 Å². The number of hydrogen-bond donors (Lipinski definition) is 0. The van der Waals surface area contributed by atoms with Crippen LogP contribution in [0.5, 0.6) is 0 Å². The predicted octanol–water partition coefficient (Wildman–Crippen LogP) is 3.92. The number of oxazole rings is 1. The number of aryl methyl sites for hydroxylation is 1. The standard InChI is InChI=1S/C26H29N3O3/c1-26(2,21-11-7-4-8-12-21)25(31)29-17-15-28(16-18-29)24(30)14-13-23-27-19-22(32-23)20-9-5-3-6-10-20/h3-12,19H,13-18H2,1-2H3. The molecule has 2 aromatic carbocycles. The highest BCUT2D eigenvalue weighted by atomic mass is 16.4. The van der Waals surface area contributed by atoms with Crippen LogP contribution in [0, 0.1) is 0 Å². The van der Waals surface area contributed by atoms with E-state index in [1.165, 1.54) is 0 Å². The number of hydrogen-bond acceptors (Lipinski definition) is 4. The summed E-state index contributed by atoms with van der Waals surface area (Å²) >= 11 is 0. The Morgan fingerprint density at radius 2 is 1.50 bits per heavy atom. The molecular weight excluding hydrogens is 402 g/mol. The highest BCUT2D eigenvalue weighted by Crippen LogP contribution is 2.26. The zero-order valence-corrected chi connectivity index (χ0v) is 18.7. The van der Waals surface area contributed by atoms with E-state index < -0.39 is 5.41 Å². The van der Waals surface area contributed by atoms with Gasteiger partial charge in [0.2, 0.25) is 11.8 Å². The van der Waals surface area contributed by atoms with E-state index in [0.29, 0.717) is 50.7 Å². The molecule has 0 unspecified atom stereocenters. The van der Waals surface area contributed by atoms with E-state index >= 15 is 0 Å². The van der Waals surface area contributed by atoms with Crippen LogP contribution in [0.2, 0.25) is 0 Å². The van der Waals surface area contributed by atoms with Gasteiger partial charge in [0.05, 0.1) is 11.6 Å². The van der Waals surface area contributed by atoms with Crippen LogP contribution in [0.1, 0.15) is 31.7 Å². The number of aromatic nitrogens is 1. The van der Waals surface area contributed by atoms with Gasteiger partial charge in [-0.2, -0.15) is 0 Å². The number of nitrogens with zero attached hydrogens (tertiary/aromatic N) is 3. The van der Waals surface area contributed by atoms with E-state index in [1.54, 1.807) is 6.20 Å². The Bertz CT molecular complexity index is 1050. The van der Waals surface area contributed by atoms with E-state index in [1.807, 2.05) is 84.3 Å². The Hall–Kier alpha value is -3.41. The van der Waals surface area contributed by atoms with Crippen molar-refractivity contribution in [3.8, 4) is 11.3 Å². The minimum atomic E-state index is -0.588. The number of carbonyl (C=O) groups is 2. The first kappa shape index (κ1) is 21.8. The molecule has 6 nitrogen and oxygen atoms in total. The van der Waals surface area contributed by atoms with Gasteiger partial charge in [0.1, 0.15) is 0 Å². The molecular formula is C26H29N3O3. The van der Waals surface area contributed by atoms with Gasteiger partial charge >= 0.3 is 0 Å². The molecule has 1 aliphatic rings. The third-order valence-electron chi connectivity index (χ3n) is 6.11. The number of rotatable bonds is 6. The summed E-state index contributed by atoms with van der Waals surface area (Å²) in [5, 5.41) is 0. The maximum absolute atomic E-state index is 13.1. The third-order valence-corrected chi connectivity index (χ3v) is 6.11. The van der Waals surface area contributed by atoms with Crippen LogP contribution in [0.25, 0.3) is 11.3 Å². The monoisotopic (exact) mass is 431 g/mol. The first-order chi connectivity index (χ1) is 15.4. The fourth-order valence-corrected chi connectivity index (χ4v) is 4.07. The zero-order valence-electron chi connectivity index (χ0n) is 18.7. The second-order valence-electron chi connectivity index (χ2n) is 8.65. The SMILES string of the molecule is CC(C)(C(=O)N1CCN(C(=O)CCc2ncc(-c3ccccc3)o2)CC1)c1ccccc1. The fourth-order valence-electron chi connectivity index (χ4n) is 4.07. The molecule has 2 heterocycles. The average molecular weight is 432 g/mol. The molecule has 1 fully saturated rings. The molecule has 0 bridgehead atoms. The van der Waals surface area contributed by atoms with Crippen molar-refractivity contribution < 1.29 is 14.0 Å². The van der Waals surface area contributed by atoms with Gasteiger partial charge in [-0.05, 0) is 19.4 Å². The normalized spacial score (nSPS) is 14.4. The van der Waals surface area contributed by atoms with Gasteiger partial charge < -0.3 is 14.2 Å². The van der Waals surface area contributed by atoms with Crippen LogP contribution >= 0.6 is 0 Å². The molecule has 3 aromatic rings. The first-order valence-electron chi connectivity index (χ1n) is 11.1. The van der Waals surface area contributed by atoms with Crippen LogP contribution in [-0.4, -0.2) is 52.8 Å². The molecule has 0 saturated carbocycles. The number of amides is 2. The second kappa shape index (κ2) is 9.39. The van der Waals surface area contributed by atoms with Crippen LogP contribution in [0.3, 0.4) is 0 Å². The third kappa shape index (κ3) is 4.74. The van der Waals surface area contributed by atoms with Crippen molar-refractivity contribution in [2.45, 2.75) is 32.1 Å². The van der Waals surface area contributed by atoms with Gasteiger partial charge in [-0.15, -0.1) is 0 Å². The molecule has 1 aliphatic heterocycles. The molecule has 166 valence electrons. The summed E-state index contributed by atoms with van der Waals surface area (Å²) in [6.45, 7) is 6.13. The predicted molar refractivity (Wildman–Crippen MR) is 123 cm³/mol. The Kier molecular flexibility index (Phi) is 6.40. The van der Waals surface area contributed by atoms with Gasteiger partial charge in [0, 0.05) is 44.6 Å². The lowest BCUT2D eigenvalue weighted by atomic mass is 9.83. The minimum Gasteiger partial charge on any atom is -0.441 e. The summed E-state index contributed by atoms with van der Waals surface area (Å²) in [6.07, 6.45) is 2.51. The summed E-state index contributed by atoms with van der Waals surface area (Å²) < 4.78 is 5.80. The van der Waals surface area contributed by atoms with Crippen LogP contribution < -0.4 is 0 Å². The summed E-state index contributed by atoms with van der Waals surface area (Å²) in [6, 6.07) is 19.6. The Labute approximate surface area is 188 Å². The molecule has 6 heteroatoms. The Morgan fingerprint density at radius 3 is 2.16 bits per heavy atom. The van der Waals surface area contributed by atoms with E-state index in [2.05, 4.69) is 4.98 Å². The lowest BCUT2D eigenvalue weighted by molar-refractivity contribution is -0.142. The molecule has 0 spiro atoms. The second-order valence-corrected chi connectivity index (χ2v) is 8.65. The highest BCUT2D eigenvalue weighted by Gasteiger charge is 2.35.